The summed E-state index contributed by atoms with van der Waals surface area (Å²) >= 11 is 0. The monoisotopic (exact) mass is 274 g/mol. The van der Waals surface area contributed by atoms with Gasteiger partial charge in [0.2, 0.25) is 0 Å². The summed E-state index contributed by atoms with van der Waals surface area (Å²) in [7, 11) is 0. The molecule has 0 aromatic heterocycles. The molecule has 3 heteroatoms. The fraction of sp³-hybridized carbons (Fsp3) is 0.294. The first kappa shape index (κ1) is 14.5. The van der Waals surface area contributed by atoms with E-state index in [4.69, 9.17) is 4.74 Å². The molecule has 0 radical (unpaired) electrons. The topological polar surface area (TPSA) is 29.5 Å². The Morgan fingerprint density at radius 1 is 1.15 bits per heavy atom. The minimum atomic E-state index is -0.350. The molecule has 2 aromatic carbocycles. The van der Waals surface area contributed by atoms with Gasteiger partial charge in [-0.3, -0.25) is 0 Å². The van der Waals surface area contributed by atoms with Crippen LogP contribution < -0.4 is 4.74 Å². The van der Waals surface area contributed by atoms with Gasteiger partial charge in [-0.2, -0.15) is 0 Å². The lowest BCUT2D eigenvalue weighted by atomic mass is 10.1. The smallest absolute Gasteiger partial charge is 0.123 e. The van der Waals surface area contributed by atoms with E-state index >= 15 is 0 Å². The molecule has 2 nitrogen and oxygen atoms in total. The van der Waals surface area contributed by atoms with Crippen molar-refractivity contribution in [1.29, 1.82) is 0 Å². The maximum atomic E-state index is 13.2. The highest BCUT2D eigenvalue weighted by Crippen LogP contribution is 2.17. The van der Waals surface area contributed by atoms with Gasteiger partial charge in [-0.1, -0.05) is 18.2 Å². The van der Waals surface area contributed by atoms with Gasteiger partial charge in [0, 0.05) is 0 Å². The van der Waals surface area contributed by atoms with Crippen molar-refractivity contribution in [3.63, 3.8) is 0 Å². The number of halogens is 1. The van der Waals surface area contributed by atoms with E-state index in [2.05, 4.69) is 0 Å². The Hall–Kier alpha value is -1.87. The molecule has 0 saturated carbocycles. The lowest BCUT2D eigenvalue weighted by molar-refractivity contribution is 0.195. The SMILES string of the molecule is Cc1ccc(F)cc1COc1ccc(CC(C)O)cc1. The van der Waals surface area contributed by atoms with Gasteiger partial charge >= 0.3 is 0 Å². The van der Waals surface area contributed by atoms with Crippen LogP contribution in [0.1, 0.15) is 23.6 Å². The predicted molar refractivity (Wildman–Crippen MR) is 77.3 cm³/mol. The number of hydrogen-bond acceptors (Lipinski definition) is 2. The van der Waals surface area contributed by atoms with Crippen LogP contribution in [0.3, 0.4) is 0 Å². The highest BCUT2D eigenvalue weighted by molar-refractivity contribution is 5.30. The Bertz CT molecular complexity index is 562. The second-order valence-corrected chi connectivity index (χ2v) is 5.06. The van der Waals surface area contributed by atoms with Crippen molar-refractivity contribution in [1.82, 2.24) is 0 Å². The van der Waals surface area contributed by atoms with Gasteiger partial charge in [0.05, 0.1) is 6.10 Å². The van der Waals surface area contributed by atoms with Crippen molar-refractivity contribution in [2.75, 3.05) is 0 Å². The first-order valence-electron chi connectivity index (χ1n) is 6.69. The van der Waals surface area contributed by atoms with Gasteiger partial charge in [-0.05, 0) is 61.2 Å². The Labute approximate surface area is 118 Å². The fourth-order valence-corrected chi connectivity index (χ4v) is 2.02. The minimum Gasteiger partial charge on any atom is -0.489 e. The Kier molecular flexibility index (Phi) is 4.74. The molecule has 0 aliphatic rings. The van der Waals surface area contributed by atoms with Gasteiger partial charge in [-0.25, -0.2) is 4.39 Å². The van der Waals surface area contributed by atoms with E-state index in [-0.39, 0.29) is 11.9 Å². The van der Waals surface area contributed by atoms with Crippen LogP contribution in [-0.2, 0) is 13.0 Å². The average Bonchev–Trinajstić information content (AvgIpc) is 2.41. The van der Waals surface area contributed by atoms with Crippen LogP contribution >= 0.6 is 0 Å². The number of benzene rings is 2. The molecular formula is C17H19FO2. The summed E-state index contributed by atoms with van der Waals surface area (Å²) < 4.78 is 18.8. The average molecular weight is 274 g/mol. The fourth-order valence-electron chi connectivity index (χ4n) is 2.02. The number of aliphatic hydroxyl groups excluding tert-OH is 1. The molecule has 20 heavy (non-hydrogen) atoms. The molecule has 2 rings (SSSR count). The van der Waals surface area contributed by atoms with Gasteiger partial charge in [0.1, 0.15) is 18.2 Å². The molecule has 0 aliphatic heterocycles. The maximum Gasteiger partial charge on any atom is 0.123 e. The highest BCUT2D eigenvalue weighted by Gasteiger charge is 2.03. The van der Waals surface area contributed by atoms with E-state index in [1.807, 2.05) is 31.2 Å². The zero-order valence-corrected chi connectivity index (χ0v) is 11.8. The Morgan fingerprint density at radius 3 is 2.50 bits per heavy atom. The van der Waals surface area contributed by atoms with Gasteiger partial charge in [0.25, 0.3) is 0 Å². The van der Waals surface area contributed by atoms with E-state index in [1.54, 1.807) is 13.0 Å². The summed E-state index contributed by atoms with van der Waals surface area (Å²) in [5, 5.41) is 9.32. The predicted octanol–water partition coefficient (Wildman–Crippen LogP) is 3.64. The van der Waals surface area contributed by atoms with Crippen LogP contribution in [0, 0.1) is 12.7 Å². The zero-order valence-electron chi connectivity index (χ0n) is 11.8. The van der Waals surface area contributed by atoms with Crippen LogP contribution in [0.5, 0.6) is 5.75 Å². The Balaban J connectivity index is 1.98. The molecule has 1 atom stereocenters. The van der Waals surface area contributed by atoms with E-state index in [0.717, 1.165) is 22.4 Å². The normalized spacial score (nSPS) is 12.2. The van der Waals surface area contributed by atoms with Crippen molar-refractivity contribution in [3.8, 4) is 5.75 Å². The maximum absolute atomic E-state index is 13.2. The van der Waals surface area contributed by atoms with Crippen LogP contribution in [0.2, 0.25) is 0 Å². The first-order valence-corrected chi connectivity index (χ1v) is 6.69. The number of hydrogen-bond donors (Lipinski definition) is 1. The number of aryl methyl sites for hydroxylation is 1. The van der Waals surface area contributed by atoms with Crippen LogP contribution in [0.4, 0.5) is 4.39 Å². The van der Waals surface area contributed by atoms with Crippen molar-refractivity contribution in [3.05, 3.63) is 65.0 Å². The summed E-state index contributed by atoms with van der Waals surface area (Å²) in [6, 6.07) is 12.3. The Morgan fingerprint density at radius 2 is 1.85 bits per heavy atom. The molecule has 0 spiro atoms. The summed E-state index contributed by atoms with van der Waals surface area (Å²) in [5.74, 6) is 0.490. The molecule has 1 N–H and O–H groups in total. The van der Waals surface area contributed by atoms with E-state index in [9.17, 15) is 9.50 Å². The molecular weight excluding hydrogens is 255 g/mol. The van der Waals surface area contributed by atoms with Crippen molar-refractivity contribution >= 4 is 0 Å². The van der Waals surface area contributed by atoms with E-state index in [1.165, 1.54) is 12.1 Å². The lowest BCUT2D eigenvalue weighted by Crippen LogP contribution is -2.04. The van der Waals surface area contributed by atoms with Gasteiger partial charge in [-0.15, -0.1) is 0 Å². The standard InChI is InChI=1S/C17H19FO2/c1-12-3-6-16(18)10-15(12)11-20-17-7-4-14(5-8-17)9-13(2)19/h3-8,10,13,19H,9,11H2,1-2H3. The molecule has 2 aromatic rings. The van der Waals surface area contributed by atoms with Crippen LogP contribution in [0.15, 0.2) is 42.5 Å². The van der Waals surface area contributed by atoms with Gasteiger partial charge < -0.3 is 9.84 Å². The molecule has 0 aliphatic carbocycles. The third kappa shape index (κ3) is 4.07. The summed E-state index contributed by atoms with van der Waals surface area (Å²) in [4.78, 5) is 0. The molecule has 1 unspecified atom stereocenters. The summed E-state index contributed by atoms with van der Waals surface area (Å²) in [5.41, 5.74) is 2.92. The van der Waals surface area contributed by atoms with E-state index in [0.29, 0.717) is 13.0 Å². The molecule has 0 amide bonds. The number of aliphatic hydroxyl groups is 1. The number of rotatable bonds is 5. The van der Waals surface area contributed by atoms with E-state index < -0.39 is 0 Å². The minimum absolute atomic E-state index is 0.249. The van der Waals surface area contributed by atoms with Crippen molar-refractivity contribution in [2.45, 2.75) is 33.0 Å². The zero-order chi connectivity index (χ0) is 14.5. The van der Waals surface area contributed by atoms with Gasteiger partial charge in [0.15, 0.2) is 0 Å². The lowest BCUT2D eigenvalue weighted by Gasteiger charge is -2.10. The third-order valence-corrected chi connectivity index (χ3v) is 3.16. The summed E-state index contributed by atoms with van der Waals surface area (Å²) in [6.07, 6.45) is 0.278. The highest BCUT2D eigenvalue weighted by atomic mass is 19.1. The number of ether oxygens (including phenoxy) is 1. The van der Waals surface area contributed by atoms with Crippen molar-refractivity contribution < 1.29 is 14.2 Å². The third-order valence-electron chi connectivity index (χ3n) is 3.16. The van der Waals surface area contributed by atoms with Crippen molar-refractivity contribution in [2.24, 2.45) is 0 Å². The first-order chi connectivity index (χ1) is 9.54. The second kappa shape index (κ2) is 6.53. The molecule has 0 bridgehead atoms. The largest absolute Gasteiger partial charge is 0.489 e. The second-order valence-electron chi connectivity index (χ2n) is 5.06. The quantitative estimate of drug-likeness (QED) is 0.902. The van der Waals surface area contributed by atoms with Crippen LogP contribution in [-0.4, -0.2) is 11.2 Å². The van der Waals surface area contributed by atoms with Crippen LogP contribution in [0.25, 0.3) is 0 Å². The molecule has 106 valence electrons. The summed E-state index contributed by atoms with van der Waals surface area (Å²) in [6.45, 7) is 4.04. The molecule has 0 saturated heterocycles. The molecule has 0 fully saturated rings. The molecule has 0 heterocycles.